The van der Waals surface area contributed by atoms with Crippen molar-refractivity contribution < 1.29 is 14.0 Å². The minimum absolute atomic E-state index is 0.0484. The van der Waals surface area contributed by atoms with Gasteiger partial charge in [0.05, 0.1) is 5.69 Å². The number of hydrogen-bond donors (Lipinski definition) is 2. The molecule has 0 saturated carbocycles. The van der Waals surface area contributed by atoms with Crippen LogP contribution in [0.25, 0.3) is 0 Å². The van der Waals surface area contributed by atoms with Gasteiger partial charge in [0.25, 0.3) is 5.91 Å². The summed E-state index contributed by atoms with van der Waals surface area (Å²) in [5.74, 6) is -0.361. The highest BCUT2D eigenvalue weighted by Gasteiger charge is 2.24. The standard InChI is InChI=1S/C17H24FN3O2/c1-12(22)20-16-11-14(3-4-15(16)18)17(23)21-9-6-13(7-10-21)5-8-19-2/h3-4,11,13,19H,5-10H2,1-2H3,(H,20,22). The van der Waals surface area contributed by atoms with Crippen molar-refractivity contribution in [3.63, 3.8) is 0 Å². The Hall–Kier alpha value is -1.95. The zero-order valence-corrected chi connectivity index (χ0v) is 13.7. The Morgan fingerprint density at radius 3 is 2.61 bits per heavy atom. The van der Waals surface area contributed by atoms with E-state index in [-0.39, 0.29) is 17.5 Å². The number of hydrogen-bond acceptors (Lipinski definition) is 3. The molecule has 1 aliphatic rings. The quantitative estimate of drug-likeness (QED) is 0.874. The van der Waals surface area contributed by atoms with Gasteiger partial charge in [0.2, 0.25) is 5.91 Å². The molecule has 1 aliphatic heterocycles. The maximum atomic E-state index is 13.7. The van der Waals surface area contributed by atoms with E-state index in [1.807, 2.05) is 7.05 Å². The van der Waals surface area contributed by atoms with Gasteiger partial charge in [0.15, 0.2) is 0 Å². The summed E-state index contributed by atoms with van der Waals surface area (Å²) in [6.45, 7) is 3.75. The minimum Gasteiger partial charge on any atom is -0.339 e. The lowest BCUT2D eigenvalue weighted by atomic mass is 9.93. The first-order valence-electron chi connectivity index (χ1n) is 8.02. The maximum absolute atomic E-state index is 13.7. The molecular formula is C17H24FN3O2. The van der Waals surface area contributed by atoms with Crippen molar-refractivity contribution in [1.29, 1.82) is 0 Å². The summed E-state index contributed by atoms with van der Waals surface area (Å²) in [4.78, 5) is 25.4. The van der Waals surface area contributed by atoms with Crippen LogP contribution in [0, 0.1) is 11.7 Å². The molecule has 1 aromatic rings. The van der Waals surface area contributed by atoms with Gasteiger partial charge in [-0.25, -0.2) is 4.39 Å². The second-order valence-corrected chi connectivity index (χ2v) is 6.00. The van der Waals surface area contributed by atoms with Gasteiger partial charge in [0.1, 0.15) is 5.82 Å². The van der Waals surface area contributed by atoms with Crippen molar-refractivity contribution in [2.45, 2.75) is 26.2 Å². The molecule has 0 radical (unpaired) electrons. The number of rotatable bonds is 5. The summed E-state index contributed by atoms with van der Waals surface area (Å²) in [5.41, 5.74) is 0.455. The molecule has 6 heteroatoms. The van der Waals surface area contributed by atoms with Crippen LogP contribution in [0.4, 0.5) is 10.1 Å². The number of anilines is 1. The van der Waals surface area contributed by atoms with Crippen LogP contribution in [-0.4, -0.2) is 43.4 Å². The average Bonchev–Trinajstić information content (AvgIpc) is 2.54. The third kappa shape index (κ3) is 4.76. The van der Waals surface area contributed by atoms with Crippen LogP contribution in [-0.2, 0) is 4.79 Å². The van der Waals surface area contributed by atoms with Crippen molar-refractivity contribution in [2.75, 3.05) is 32.0 Å². The van der Waals surface area contributed by atoms with Gasteiger partial charge in [-0.1, -0.05) is 0 Å². The van der Waals surface area contributed by atoms with Crippen LogP contribution >= 0.6 is 0 Å². The third-order valence-electron chi connectivity index (χ3n) is 4.23. The molecule has 126 valence electrons. The normalized spacial score (nSPS) is 15.5. The Kier molecular flexibility index (Phi) is 6.10. The van der Waals surface area contributed by atoms with E-state index < -0.39 is 5.82 Å². The lowest BCUT2D eigenvalue weighted by molar-refractivity contribution is -0.114. The molecule has 2 amide bonds. The number of carbonyl (C=O) groups excluding carboxylic acids is 2. The molecule has 1 aromatic carbocycles. The molecule has 1 heterocycles. The van der Waals surface area contributed by atoms with Crippen LogP contribution in [0.15, 0.2) is 18.2 Å². The fraction of sp³-hybridized carbons (Fsp3) is 0.529. The van der Waals surface area contributed by atoms with E-state index in [0.717, 1.165) is 38.9 Å². The minimum atomic E-state index is -0.539. The molecule has 0 aromatic heterocycles. The van der Waals surface area contributed by atoms with E-state index in [4.69, 9.17) is 0 Å². The van der Waals surface area contributed by atoms with Crippen molar-refractivity contribution in [3.8, 4) is 0 Å². The Morgan fingerprint density at radius 2 is 2.00 bits per heavy atom. The fourth-order valence-electron chi connectivity index (χ4n) is 2.90. The van der Waals surface area contributed by atoms with Gasteiger partial charge in [-0.2, -0.15) is 0 Å². The second kappa shape index (κ2) is 8.06. The zero-order valence-electron chi connectivity index (χ0n) is 13.7. The lowest BCUT2D eigenvalue weighted by Gasteiger charge is -2.32. The van der Waals surface area contributed by atoms with Crippen molar-refractivity contribution in [2.24, 2.45) is 5.92 Å². The van der Waals surface area contributed by atoms with E-state index in [1.165, 1.54) is 25.1 Å². The fourth-order valence-corrected chi connectivity index (χ4v) is 2.90. The van der Waals surface area contributed by atoms with Gasteiger partial charge in [-0.15, -0.1) is 0 Å². The number of amides is 2. The number of carbonyl (C=O) groups is 2. The molecule has 0 aliphatic carbocycles. The highest BCUT2D eigenvalue weighted by molar-refractivity contribution is 5.97. The SMILES string of the molecule is CNCCC1CCN(C(=O)c2ccc(F)c(NC(C)=O)c2)CC1. The molecule has 0 atom stereocenters. The monoisotopic (exact) mass is 321 g/mol. The van der Waals surface area contributed by atoms with Crippen LogP contribution in [0.3, 0.4) is 0 Å². The number of piperidine rings is 1. The third-order valence-corrected chi connectivity index (χ3v) is 4.23. The predicted octanol–water partition coefficient (Wildman–Crippen LogP) is 2.25. The summed E-state index contributed by atoms with van der Waals surface area (Å²) < 4.78 is 13.7. The number of nitrogens with one attached hydrogen (secondary N) is 2. The van der Waals surface area contributed by atoms with E-state index in [2.05, 4.69) is 10.6 Å². The average molecular weight is 321 g/mol. The van der Waals surface area contributed by atoms with Gasteiger partial charge in [-0.3, -0.25) is 9.59 Å². The Morgan fingerprint density at radius 1 is 1.30 bits per heavy atom. The van der Waals surface area contributed by atoms with Crippen molar-refractivity contribution >= 4 is 17.5 Å². The van der Waals surface area contributed by atoms with Gasteiger partial charge < -0.3 is 15.5 Å². The molecule has 1 fully saturated rings. The van der Waals surface area contributed by atoms with E-state index in [0.29, 0.717) is 11.5 Å². The van der Waals surface area contributed by atoms with Crippen molar-refractivity contribution in [3.05, 3.63) is 29.6 Å². The van der Waals surface area contributed by atoms with Crippen LogP contribution in [0.2, 0.25) is 0 Å². The summed E-state index contributed by atoms with van der Waals surface area (Å²) in [7, 11) is 1.94. The molecule has 5 nitrogen and oxygen atoms in total. The first kappa shape index (κ1) is 17.4. The predicted molar refractivity (Wildman–Crippen MR) is 87.9 cm³/mol. The van der Waals surface area contributed by atoms with E-state index in [9.17, 15) is 14.0 Å². The first-order valence-corrected chi connectivity index (χ1v) is 8.02. The highest BCUT2D eigenvalue weighted by Crippen LogP contribution is 2.23. The summed E-state index contributed by atoms with van der Waals surface area (Å²) in [6.07, 6.45) is 3.11. The van der Waals surface area contributed by atoms with Gasteiger partial charge in [-0.05, 0) is 57.0 Å². The smallest absolute Gasteiger partial charge is 0.253 e. The summed E-state index contributed by atoms with van der Waals surface area (Å²) in [5, 5.41) is 5.56. The van der Waals surface area contributed by atoms with Crippen LogP contribution in [0.1, 0.15) is 36.5 Å². The summed E-state index contributed by atoms with van der Waals surface area (Å²) >= 11 is 0. The van der Waals surface area contributed by atoms with Crippen LogP contribution < -0.4 is 10.6 Å². The Balaban J connectivity index is 2.00. The highest BCUT2D eigenvalue weighted by atomic mass is 19.1. The van der Waals surface area contributed by atoms with E-state index in [1.54, 1.807) is 4.90 Å². The largest absolute Gasteiger partial charge is 0.339 e. The number of likely N-dealkylation sites (tertiary alicyclic amines) is 1. The Bertz CT molecular complexity index is 569. The first-order chi connectivity index (χ1) is 11.0. The molecule has 2 N–H and O–H groups in total. The molecule has 23 heavy (non-hydrogen) atoms. The maximum Gasteiger partial charge on any atom is 0.253 e. The van der Waals surface area contributed by atoms with Gasteiger partial charge in [0, 0.05) is 25.6 Å². The lowest BCUT2D eigenvalue weighted by Crippen LogP contribution is -2.39. The molecule has 1 saturated heterocycles. The van der Waals surface area contributed by atoms with E-state index >= 15 is 0 Å². The number of nitrogens with zero attached hydrogens (tertiary/aromatic N) is 1. The van der Waals surface area contributed by atoms with Crippen molar-refractivity contribution in [1.82, 2.24) is 10.2 Å². The van der Waals surface area contributed by atoms with Gasteiger partial charge >= 0.3 is 0 Å². The number of benzene rings is 1. The number of halogens is 1. The van der Waals surface area contributed by atoms with Crippen LogP contribution in [0.5, 0.6) is 0 Å². The molecule has 0 unspecified atom stereocenters. The summed E-state index contributed by atoms with van der Waals surface area (Å²) in [6, 6.07) is 4.10. The molecule has 0 bridgehead atoms. The molecule has 0 spiro atoms. The Labute approximate surface area is 136 Å². The topological polar surface area (TPSA) is 61.4 Å². The second-order valence-electron chi connectivity index (χ2n) is 6.00. The molecule has 2 rings (SSSR count). The molecular weight excluding hydrogens is 297 g/mol. The zero-order chi connectivity index (χ0) is 16.8.